The van der Waals surface area contributed by atoms with E-state index in [1.807, 2.05) is 0 Å². The Hall–Kier alpha value is -1.73. The number of amides is 2. The van der Waals surface area contributed by atoms with E-state index < -0.39 is 11.6 Å². The van der Waals surface area contributed by atoms with Gasteiger partial charge in [-0.3, -0.25) is 9.59 Å². The first-order chi connectivity index (χ1) is 11.1. The van der Waals surface area contributed by atoms with E-state index >= 15 is 0 Å². The first-order valence-electron chi connectivity index (χ1n) is 7.83. The molecule has 0 saturated carbocycles. The highest BCUT2D eigenvalue weighted by molar-refractivity contribution is 5.94. The molecular weight excluding hydrogens is 340 g/mol. The molecule has 0 spiro atoms. The van der Waals surface area contributed by atoms with Gasteiger partial charge in [0.15, 0.2) is 11.6 Å². The van der Waals surface area contributed by atoms with Gasteiger partial charge in [0.05, 0.1) is 6.04 Å². The fourth-order valence-corrected chi connectivity index (χ4v) is 3.06. The molecule has 132 valence electrons. The second kappa shape index (κ2) is 7.90. The topological polar surface area (TPSA) is 52.7 Å². The third kappa shape index (κ3) is 3.84. The van der Waals surface area contributed by atoms with Gasteiger partial charge in [-0.15, -0.1) is 12.4 Å². The third-order valence-corrected chi connectivity index (χ3v) is 4.40. The van der Waals surface area contributed by atoms with E-state index in [9.17, 15) is 18.4 Å². The molecule has 24 heavy (non-hydrogen) atoms. The average Bonchev–Trinajstić information content (AvgIpc) is 3.11. The van der Waals surface area contributed by atoms with E-state index in [4.69, 9.17) is 0 Å². The molecule has 1 aromatic carbocycles. The third-order valence-electron chi connectivity index (χ3n) is 4.40. The van der Waals surface area contributed by atoms with Crippen molar-refractivity contribution in [1.82, 2.24) is 15.1 Å². The quantitative estimate of drug-likeness (QED) is 0.869. The number of piperazine rings is 1. The van der Waals surface area contributed by atoms with Gasteiger partial charge in [-0.1, -0.05) is 0 Å². The number of carbonyl (C=O) groups excluding carboxylic acids is 2. The van der Waals surface area contributed by atoms with Crippen molar-refractivity contribution >= 4 is 24.2 Å². The van der Waals surface area contributed by atoms with Crippen LogP contribution in [0.5, 0.6) is 0 Å². The average molecular weight is 360 g/mol. The summed E-state index contributed by atoms with van der Waals surface area (Å²) in [5, 5.41) is 3.18. The van der Waals surface area contributed by atoms with Crippen molar-refractivity contribution in [3.05, 3.63) is 35.4 Å². The molecule has 3 rings (SSSR count). The lowest BCUT2D eigenvalue weighted by molar-refractivity contribution is -0.134. The molecule has 1 unspecified atom stereocenters. The van der Waals surface area contributed by atoms with Crippen molar-refractivity contribution in [2.75, 3.05) is 32.7 Å². The van der Waals surface area contributed by atoms with Gasteiger partial charge < -0.3 is 15.1 Å². The molecule has 1 aromatic rings. The number of rotatable bonds is 2. The molecule has 0 bridgehead atoms. The minimum absolute atomic E-state index is 0. The van der Waals surface area contributed by atoms with Crippen molar-refractivity contribution in [2.45, 2.75) is 18.9 Å². The van der Waals surface area contributed by atoms with E-state index in [1.165, 1.54) is 6.07 Å². The molecule has 0 aromatic heterocycles. The molecule has 2 aliphatic rings. The highest BCUT2D eigenvalue weighted by Gasteiger charge is 2.30. The highest BCUT2D eigenvalue weighted by Crippen LogP contribution is 2.15. The maximum Gasteiger partial charge on any atom is 0.254 e. The maximum atomic E-state index is 13.2. The largest absolute Gasteiger partial charge is 0.338 e. The molecule has 0 aliphatic carbocycles. The molecule has 1 atom stereocenters. The Morgan fingerprint density at radius 3 is 2.29 bits per heavy atom. The number of halogens is 3. The summed E-state index contributed by atoms with van der Waals surface area (Å²) in [6.45, 7) is 2.59. The minimum Gasteiger partial charge on any atom is -0.338 e. The van der Waals surface area contributed by atoms with Gasteiger partial charge in [0, 0.05) is 31.7 Å². The van der Waals surface area contributed by atoms with Crippen molar-refractivity contribution < 1.29 is 18.4 Å². The van der Waals surface area contributed by atoms with Crippen LogP contribution in [0, 0.1) is 11.6 Å². The smallest absolute Gasteiger partial charge is 0.254 e. The van der Waals surface area contributed by atoms with E-state index in [-0.39, 0.29) is 35.8 Å². The first-order valence-corrected chi connectivity index (χ1v) is 7.83. The summed E-state index contributed by atoms with van der Waals surface area (Å²) in [7, 11) is 0. The van der Waals surface area contributed by atoms with Crippen molar-refractivity contribution in [3.8, 4) is 0 Å². The Balaban J connectivity index is 0.00000208. The van der Waals surface area contributed by atoms with Crippen LogP contribution in [0.4, 0.5) is 8.78 Å². The van der Waals surface area contributed by atoms with E-state index in [1.54, 1.807) is 9.80 Å². The number of carbonyl (C=O) groups is 2. The number of benzene rings is 1. The molecule has 0 radical (unpaired) electrons. The summed E-state index contributed by atoms with van der Waals surface area (Å²) < 4.78 is 26.2. The summed E-state index contributed by atoms with van der Waals surface area (Å²) in [5.41, 5.74) is 0.126. The minimum atomic E-state index is -1.03. The molecule has 2 heterocycles. The molecular formula is C16H20ClF2N3O2. The lowest BCUT2D eigenvalue weighted by atomic mass is 10.1. The zero-order valence-corrected chi connectivity index (χ0v) is 14.0. The summed E-state index contributed by atoms with van der Waals surface area (Å²) in [6, 6.07) is 3.04. The SMILES string of the molecule is Cl.O=C(c1ccc(F)c(F)c1)N1CCN(C(=O)C2CCCN2)CC1. The lowest BCUT2D eigenvalue weighted by Gasteiger charge is -2.36. The normalized spacial score (nSPS) is 20.7. The van der Waals surface area contributed by atoms with Crippen molar-refractivity contribution in [1.29, 1.82) is 0 Å². The van der Waals surface area contributed by atoms with Crippen LogP contribution >= 0.6 is 12.4 Å². The van der Waals surface area contributed by atoms with E-state index in [2.05, 4.69) is 5.32 Å². The predicted molar refractivity (Wildman–Crippen MR) is 87.1 cm³/mol. The fraction of sp³-hybridized carbons (Fsp3) is 0.500. The van der Waals surface area contributed by atoms with Gasteiger partial charge in [0.2, 0.25) is 5.91 Å². The Labute approximate surface area is 145 Å². The molecule has 2 aliphatic heterocycles. The second-order valence-electron chi connectivity index (χ2n) is 5.90. The zero-order valence-electron chi connectivity index (χ0n) is 13.1. The Kier molecular flexibility index (Phi) is 6.12. The fourth-order valence-electron chi connectivity index (χ4n) is 3.06. The summed E-state index contributed by atoms with van der Waals surface area (Å²) >= 11 is 0. The number of nitrogens with zero attached hydrogens (tertiary/aromatic N) is 2. The van der Waals surface area contributed by atoms with Gasteiger partial charge >= 0.3 is 0 Å². The first kappa shape index (κ1) is 18.6. The van der Waals surface area contributed by atoms with Crippen molar-refractivity contribution in [3.63, 3.8) is 0 Å². The Bertz CT molecular complexity index is 615. The standard InChI is InChI=1S/C16H19F2N3O2.ClH/c17-12-4-3-11(10-13(12)18)15(22)20-6-8-21(9-7-20)16(23)14-2-1-5-19-14;/h3-4,10,14,19H,1-2,5-9H2;1H. The molecule has 2 fully saturated rings. The van der Waals surface area contributed by atoms with Gasteiger partial charge in [-0.05, 0) is 37.6 Å². The predicted octanol–water partition coefficient (Wildman–Crippen LogP) is 1.42. The molecule has 2 amide bonds. The van der Waals surface area contributed by atoms with Gasteiger partial charge in [-0.25, -0.2) is 8.78 Å². The van der Waals surface area contributed by atoms with Gasteiger partial charge in [-0.2, -0.15) is 0 Å². The van der Waals surface area contributed by atoms with Gasteiger partial charge in [0.1, 0.15) is 0 Å². The Morgan fingerprint density at radius 1 is 1.04 bits per heavy atom. The van der Waals surface area contributed by atoms with E-state index in [0.717, 1.165) is 31.5 Å². The van der Waals surface area contributed by atoms with Crippen LogP contribution in [0.1, 0.15) is 23.2 Å². The number of hydrogen-bond donors (Lipinski definition) is 1. The molecule has 8 heteroatoms. The van der Waals surface area contributed by atoms with Crippen LogP contribution in [-0.4, -0.2) is 60.4 Å². The van der Waals surface area contributed by atoms with Crippen molar-refractivity contribution in [2.24, 2.45) is 0 Å². The van der Waals surface area contributed by atoms with Crippen LogP contribution in [0.2, 0.25) is 0 Å². The lowest BCUT2D eigenvalue weighted by Crippen LogP contribution is -2.54. The summed E-state index contributed by atoms with van der Waals surface area (Å²) in [6.07, 6.45) is 1.86. The zero-order chi connectivity index (χ0) is 16.4. The second-order valence-corrected chi connectivity index (χ2v) is 5.90. The monoisotopic (exact) mass is 359 g/mol. The van der Waals surface area contributed by atoms with Crippen LogP contribution in [-0.2, 0) is 4.79 Å². The van der Waals surface area contributed by atoms with Crippen LogP contribution in [0.3, 0.4) is 0 Å². The van der Waals surface area contributed by atoms with Crippen LogP contribution < -0.4 is 5.32 Å². The molecule has 2 saturated heterocycles. The van der Waals surface area contributed by atoms with Crippen LogP contribution in [0.15, 0.2) is 18.2 Å². The Morgan fingerprint density at radius 2 is 1.71 bits per heavy atom. The number of hydrogen-bond acceptors (Lipinski definition) is 3. The highest BCUT2D eigenvalue weighted by atomic mass is 35.5. The van der Waals surface area contributed by atoms with E-state index in [0.29, 0.717) is 26.2 Å². The molecule has 5 nitrogen and oxygen atoms in total. The molecule has 1 N–H and O–H groups in total. The van der Waals surface area contributed by atoms with Gasteiger partial charge in [0.25, 0.3) is 5.91 Å². The number of nitrogens with one attached hydrogen (secondary N) is 1. The summed E-state index contributed by atoms with van der Waals surface area (Å²) in [4.78, 5) is 27.9. The maximum absolute atomic E-state index is 13.2. The van der Waals surface area contributed by atoms with Crippen LogP contribution in [0.25, 0.3) is 0 Å². The summed E-state index contributed by atoms with van der Waals surface area (Å²) in [5.74, 6) is -2.25.